The first kappa shape index (κ1) is 13.2. The highest BCUT2D eigenvalue weighted by molar-refractivity contribution is 5.08. The van der Waals surface area contributed by atoms with Gasteiger partial charge >= 0.3 is 0 Å². The van der Waals surface area contributed by atoms with Crippen molar-refractivity contribution in [1.29, 1.82) is 0 Å². The Morgan fingerprint density at radius 3 is 2.88 bits per heavy atom. The Hall–Kier alpha value is -0.870. The fourth-order valence-corrected chi connectivity index (χ4v) is 1.79. The number of aromatic nitrogens is 2. The minimum Gasteiger partial charge on any atom is -0.318 e. The van der Waals surface area contributed by atoms with E-state index in [1.807, 2.05) is 7.05 Å². The number of nitrogens with one attached hydrogen (secondary N) is 1. The molecule has 0 bridgehead atoms. The second-order valence-corrected chi connectivity index (χ2v) is 4.34. The van der Waals surface area contributed by atoms with Gasteiger partial charge in [0, 0.05) is 26.2 Å². The molecule has 92 valence electrons. The fraction of sp³-hybridized carbons (Fsp3) is 0.750. The minimum atomic E-state index is 0.975. The monoisotopic (exact) mass is 224 g/mol. The van der Waals surface area contributed by atoms with Gasteiger partial charge in [-0.1, -0.05) is 6.92 Å². The molecule has 0 unspecified atom stereocenters. The minimum absolute atomic E-state index is 0.975. The van der Waals surface area contributed by atoms with E-state index in [9.17, 15) is 0 Å². The van der Waals surface area contributed by atoms with Crippen LogP contribution in [0.4, 0.5) is 0 Å². The van der Waals surface area contributed by atoms with Crippen LogP contribution in [0.15, 0.2) is 6.07 Å². The Kier molecular flexibility index (Phi) is 5.49. The van der Waals surface area contributed by atoms with Crippen LogP contribution in [0.25, 0.3) is 0 Å². The molecule has 0 aliphatic carbocycles. The number of hydrogen-bond donors (Lipinski definition) is 1. The normalized spacial score (nSPS) is 11.3. The predicted octanol–water partition coefficient (Wildman–Crippen LogP) is 1.25. The number of hydrogen-bond acceptors (Lipinski definition) is 3. The Balaban J connectivity index is 2.57. The van der Waals surface area contributed by atoms with Crippen LogP contribution in [0.3, 0.4) is 0 Å². The quantitative estimate of drug-likeness (QED) is 0.757. The van der Waals surface area contributed by atoms with Gasteiger partial charge in [0.15, 0.2) is 0 Å². The van der Waals surface area contributed by atoms with Crippen molar-refractivity contribution in [2.75, 3.05) is 27.2 Å². The molecule has 1 aromatic heterocycles. The van der Waals surface area contributed by atoms with Gasteiger partial charge in [0.05, 0.1) is 11.4 Å². The maximum absolute atomic E-state index is 4.51. The van der Waals surface area contributed by atoms with Crippen LogP contribution in [-0.2, 0) is 13.1 Å². The first-order valence-electron chi connectivity index (χ1n) is 6.03. The molecule has 4 nitrogen and oxygen atoms in total. The lowest BCUT2D eigenvalue weighted by Gasteiger charge is -2.16. The second-order valence-electron chi connectivity index (χ2n) is 4.34. The number of rotatable bonds is 7. The summed E-state index contributed by atoms with van der Waals surface area (Å²) in [6.45, 7) is 8.32. The standard InChI is InChI=1S/C12H24N4/c1-5-7-16-12(9-11(2)14-16)10-15(4)8-6-13-3/h9,13H,5-8,10H2,1-4H3. The Labute approximate surface area is 98.6 Å². The summed E-state index contributed by atoms with van der Waals surface area (Å²) in [4.78, 5) is 2.32. The summed E-state index contributed by atoms with van der Waals surface area (Å²) in [6.07, 6.45) is 1.13. The zero-order valence-corrected chi connectivity index (χ0v) is 11.0. The summed E-state index contributed by atoms with van der Waals surface area (Å²) in [5, 5.41) is 7.67. The third kappa shape index (κ3) is 3.94. The molecule has 0 radical (unpaired) electrons. The SMILES string of the molecule is CCCn1nc(C)cc1CN(C)CCNC. The third-order valence-corrected chi connectivity index (χ3v) is 2.60. The highest BCUT2D eigenvalue weighted by Crippen LogP contribution is 2.07. The van der Waals surface area contributed by atoms with Gasteiger partial charge in [-0.2, -0.15) is 5.10 Å². The molecule has 1 aromatic rings. The average Bonchev–Trinajstić information content (AvgIpc) is 2.56. The van der Waals surface area contributed by atoms with Crippen LogP contribution in [0.5, 0.6) is 0 Å². The van der Waals surface area contributed by atoms with E-state index in [0.717, 1.165) is 38.3 Å². The van der Waals surface area contributed by atoms with Gasteiger partial charge in [0.25, 0.3) is 0 Å². The number of nitrogens with zero attached hydrogens (tertiary/aromatic N) is 3. The Bertz CT molecular complexity index is 306. The molecule has 0 fully saturated rings. The molecule has 0 saturated carbocycles. The van der Waals surface area contributed by atoms with E-state index in [-0.39, 0.29) is 0 Å². The van der Waals surface area contributed by atoms with Crippen molar-refractivity contribution in [2.24, 2.45) is 0 Å². The van der Waals surface area contributed by atoms with E-state index in [2.05, 4.69) is 47.0 Å². The van der Waals surface area contributed by atoms with Gasteiger partial charge in [-0.05, 0) is 33.5 Å². The largest absolute Gasteiger partial charge is 0.318 e. The third-order valence-electron chi connectivity index (χ3n) is 2.60. The topological polar surface area (TPSA) is 33.1 Å². The molecule has 1 heterocycles. The summed E-state index contributed by atoms with van der Waals surface area (Å²) in [5.74, 6) is 0. The summed E-state index contributed by atoms with van der Waals surface area (Å²) >= 11 is 0. The van der Waals surface area contributed by atoms with E-state index >= 15 is 0 Å². The Morgan fingerprint density at radius 2 is 2.25 bits per heavy atom. The zero-order valence-electron chi connectivity index (χ0n) is 11.0. The lowest BCUT2D eigenvalue weighted by Crippen LogP contribution is -2.27. The van der Waals surface area contributed by atoms with E-state index in [0.29, 0.717) is 0 Å². The summed E-state index contributed by atoms with van der Waals surface area (Å²) in [5.41, 5.74) is 2.43. The van der Waals surface area contributed by atoms with E-state index < -0.39 is 0 Å². The summed E-state index contributed by atoms with van der Waals surface area (Å²) in [6, 6.07) is 2.19. The fourth-order valence-electron chi connectivity index (χ4n) is 1.79. The predicted molar refractivity (Wildman–Crippen MR) is 67.5 cm³/mol. The van der Waals surface area contributed by atoms with Crippen LogP contribution in [-0.4, -0.2) is 41.9 Å². The molecular weight excluding hydrogens is 200 g/mol. The van der Waals surface area contributed by atoms with Crippen LogP contribution in [0.2, 0.25) is 0 Å². The van der Waals surface area contributed by atoms with Gasteiger partial charge in [0.1, 0.15) is 0 Å². The van der Waals surface area contributed by atoms with Crippen molar-refractivity contribution in [1.82, 2.24) is 20.0 Å². The average molecular weight is 224 g/mol. The molecule has 1 N–H and O–H groups in total. The van der Waals surface area contributed by atoms with Crippen molar-refractivity contribution < 1.29 is 0 Å². The molecule has 0 aromatic carbocycles. The lowest BCUT2D eigenvalue weighted by molar-refractivity contribution is 0.315. The van der Waals surface area contributed by atoms with E-state index in [4.69, 9.17) is 0 Å². The molecule has 0 spiro atoms. The maximum atomic E-state index is 4.51. The molecule has 1 rings (SSSR count). The van der Waals surface area contributed by atoms with Gasteiger partial charge in [-0.3, -0.25) is 9.58 Å². The second kappa shape index (κ2) is 6.66. The van der Waals surface area contributed by atoms with Gasteiger partial charge in [-0.25, -0.2) is 0 Å². The highest BCUT2D eigenvalue weighted by atomic mass is 15.3. The van der Waals surface area contributed by atoms with E-state index in [1.165, 1.54) is 5.69 Å². The van der Waals surface area contributed by atoms with Crippen LogP contribution < -0.4 is 5.32 Å². The van der Waals surface area contributed by atoms with Crippen molar-refractivity contribution >= 4 is 0 Å². The maximum Gasteiger partial charge on any atom is 0.0597 e. The summed E-state index contributed by atoms with van der Waals surface area (Å²) in [7, 11) is 4.13. The van der Waals surface area contributed by atoms with Gasteiger partial charge in [0.2, 0.25) is 0 Å². The lowest BCUT2D eigenvalue weighted by atomic mass is 10.3. The molecular formula is C12H24N4. The summed E-state index contributed by atoms with van der Waals surface area (Å²) < 4.78 is 2.13. The molecule has 0 aliphatic heterocycles. The Morgan fingerprint density at radius 1 is 1.50 bits per heavy atom. The van der Waals surface area contributed by atoms with Crippen LogP contribution in [0.1, 0.15) is 24.7 Å². The van der Waals surface area contributed by atoms with Crippen molar-refractivity contribution in [3.63, 3.8) is 0 Å². The number of aryl methyl sites for hydroxylation is 2. The van der Waals surface area contributed by atoms with Crippen molar-refractivity contribution in [3.8, 4) is 0 Å². The van der Waals surface area contributed by atoms with Crippen LogP contribution >= 0.6 is 0 Å². The molecule has 0 amide bonds. The number of likely N-dealkylation sites (N-methyl/N-ethyl adjacent to an activating group) is 2. The first-order chi connectivity index (χ1) is 7.67. The molecule has 16 heavy (non-hydrogen) atoms. The first-order valence-corrected chi connectivity index (χ1v) is 6.03. The molecule has 4 heteroatoms. The van der Waals surface area contributed by atoms with Gasteiger partial charge in [-0.15, -0.1) is 0 Å². The molecule has 0 saturated heterocycles. The zero-order chi connectivity index (χ0) is 12.0. The highest BCUT2D eigenvalue weighted by Gasteiger charge is 2.07. The van der Waals surface area contributed by atoms with Gasteiger partial charge < -0.3 is 5.32 Å². The van der Waals surface area contributed by atoms with Crippen LogP contribution in [0, 0.1) is 6.92 Å². The van der Waals surface area contributed by atoms with E-state index in [1.54, 1.807) is 0 Å². The molecule has 0 aliphatic rings. The smallest absolute Gasteiger partial charge is 0.0597 e. The van der Waals surface area contributed by atoms with Crippen molar-refractivity contribution in [3.05, 3.63) is 17.5 Å². The molecule has 0 atom stereocenters. The van der Waals surface area contributed by atoms with Crippen molar-refractivity contribution in [2.45, 2.75) is 33.4 Å².